The van der Waals surface area contributed by atoms with Gasteiger partial charge in [0.25, 0.3) is 11.8 Å². The van der Waals surface area contributed by atoms with E-state index in [1.54, 1.807) is 12.1 Å². The zero-order valence-electron chi connectivity index (χ0n) is 22.5. The highest BCUT2D eigenvalue weighted by Crippen LogP contribution is 2.20. The molecule has 6 nitrogen and oxygen atoms in total. The van der Waals surface area contributed by atoms with Crippen molar-refractivity contribution in [2.45, 2.75) is 66.2 Å². The number of hydrogen-bond donors (Lipinski definition) is 2. The van der Waals surface area contributed by atoms with Crippen LogP contribution >= 0.6 is 0 Å². The molecule has 0 aliphatic rings. The van der Waals surface area contributed by atoms with Gasteiger partial charge in [0.05, 0.1) is 24.3 Å². The lowest BCUT2D eigenvalue weighted by Crippen LogP contribution is -2.26. The molecular formula is C30H44N2O4. The summed E-state index contributed by atoms with van der Waals surface area (Å²) in [6.07, 6.45) is 5.66. The molecule has 2 aromatic rings. The predicted octanol–water partition coefficient (Wildman–Crippen LogP) is 6.26. The van der Waals surface area contributed by atoms with Crippen LogP contribution in [-0.2, 0) is 0 Å². The van der Waals surface area contributed by atoms with Gasteiger partial charge in [-0.05, 0) is 61.8 Å². The van der Waals surface area contributed by atoms with Crippen LogP contribution in [0.3, 0.4) is 0 Å². The normalized spacial score (nSPS) is 10.9. The molecule has 36 heavy (non-hydrogen) atoms. The second-order valence-corrected chi connectivity index (χ2v) is 9.98. The standard InChI is InChI=1S/C30H44N2O4/c1-23(2)17-21-35-27-15-9-7-13-25(27)29(33)31-19-11-5-6-12-20-32-30(34)26-14-8-10-16-28(26)36-22-18-24(3)4/h7-10,13-16,23-24H,5-6,11-12,17-22H2,1-4H3,(H,31,33)(H,32,34). The van der Waals surface area contributed by atoms with Crippen LogP contribution in [-0.4, -0.2) is 38.1 Å². The number of nitrogens with one attached hydrogen (secondary N) is 2. The number of amides is 2. The summed E-state index contributed by atoms with van der Waals surface area (Å²) in [6.45, 7) is 11.1. The molecule has 0 aromatic heterocycles. The molecule has 198 valence electrons. The topological polar surface area (TPSA) is 76.7 Å². The lowest BCUT2D eigenvalue weighted by atomic mass is 10.1. The summed E-state index contributed by atoms with van der Waals surface area (Å²) in [5, 5.41) is 5.99. The maximum absolute atomic E-state index is 12.6. The number of hydrogen-bond acceptors (Lipinski definition) is 4. The predicted molar refractivity (Wildman–Crippen MR) is 146 cm³/mol. The number of unbranched alkanes of at least 4 members (excludes halogenated alkanes) is 3. The largest absolute Gasteiger partial charge is 0.493 e. The van der Waals surface area contributed by atoms with Gasteiger partial charge in [-0.25, -0.2) is 0 Å². The van der Waals surface area contributed by atoms with E-state index >= 15 is 0 Å². The van der Waals surface area contributed by atoms with Gasteiger partial charge < -0.3 is 20.1 Å². The average molecular weight is 497 g/mol. The van der Waals surface area contributed by atoms with Crippen molar-refractivity contribution in [3.05, 3.63) is 59.7 Å². The van der Waals surface area contributed by atoms with E-state index in [0.29, 0.717) is 60.8 Å². The molecule has 6 heteroatoms. The number of rotatable bonds is 17. The summed E-state index contributed by atoms with van der Waals surface area (Å²) in [6, 6.07) is 14.8. The Morgan fingerprint density at radius 3 is 1.42 bits per heavy atom. The lowest BCUT2D eigenvalue weighted by molar-refractivity contribution is 0.0938. The molecule has 0 aliphatic heterocycles. The van der Waals surface area contributed by atoms with Crippen molar-refractivity contribution in [1.82, 2.24) is 10.6 Å². The third kappa shape index (κ3) is 11.1. The molecule has 0 radical (unpaired) electrons. The van der Waals surface area contributed by atoms with Crippen molar-refractivity contribution in [2.75, 3.05) is 26.3 Å². The van der Waals surface area contributed by atoms with Gasteiger partial charge in [0.2, 0.25) is 0 Å². The van der Waals surface area contributed by atoms with Crippen LogP contribution in [0.1, 0.15) is 86.9 Å². The van der Waals surface area contributed by atoms with Crippen molar-refractivity contribution in [1.29, 1.82) is 0 Å². The first kappa shape index (κ1) is 29.2. The summed E-state index contributed by atoms with van der Waals surface area (Å²) in [4.78, 5) is 25.2. The molecule has 2 amide bonds. The second-order valence-electron chi connectivity index (χ2n) is 9.98. The van der Waals surface area contributed by atoms with Crippen LogP contribution in [0.2, 0.25) is 0 Å². The maximum Gasteiger partial charge on any atom is 0.255 e. The summed E-state index contributed by atoms with van der Waals surface area (Å²) in [5.41, 5.74) is 1.16. The molecule has 0 spiro atoms. The minimum Gasteiger partial charge on any atom is -0.493 e. The maximum atomic E-state index is 12.6. The van der Waals surface area contributed by atoms with E-state index in [1.807, 2.05) is 36.4 Å². The summed E-state index contributed by atoms with van der Waals surface area (Å²) in [5.74, 6) is 2.19. The second kappa shape index (κ2) is 16.6. The van der Waals surface area contributed by atoms with E-state index in [4.69, 9.17) is 9.47 Å². The Balaban J connectivity index is 1.62. The third-order valence-electron chi connectivity index (χ3n) is 5.84. The Labute approximate surface area is 217 Å². The molecule has 0 saturated carbocycles. The smallest absolute Gasteiger partial charge is 0.255 e. The number of para-hydroxylation sites is 2. The third-order valence-corrected chi connectivity index (χ3v) is 5.84. The summed E-state index contributed by atoms with van der Waals surface area (Å²) < 4.78 is 11.6. The zero-order chi connectivity index (χ0) is 26.2. The molecule has 0 heterocycles. The van der Waals surface area contributed by atoms with E-state index in [2.05, 4.69) is 38.3 Å². The first-order valence-corrected chi connectivity index (χ1v) is 13.4. The van der Waals surface area contributed by atoms with Gasteiger partial charge in [0, 0.05) is 13.1 Å². The first-order valence-electron chi connectivity index (χ1n) is 13.4. The van der Waals surface area contributed by atoms with E-state index in [-0.39, 0.29) is 11.8 Å². The summed E-state index contributed by atoms with van der Waals surface area (Å²) >= 11 is 0. The molecule has 2 aromatic carbocycles. The van der Waals surface area contributed by atoms with Crippen molar-refractivity contribution >= 4 is 11.8 Å². The van der Waals surface area contributed by atoms with E-state index in [9.17, 15) is 9.59 Å². The Kier molecular flexibility index (Phi) is 13.5. The fourth-order valence-corrected chi connectivity index (χ4v) is 3.57. The van der Waals surface area contributed by atoms with Crippen molar-refractivity contribution in [3.63, 3.8) is 0 Å². The quantitative estimate of drug-likeness (QED) is 0.254. The van der Waals surface area contributed by atoms with Gasteiger partial charge in [0.1, 0.15) is 11.5 Å². The highest BCUT2D eigenvalue weighted by Gasteiger charge is 2.13. The van der Waals surface area contributed by atoms with Gasteiger partial charge in [0.15, 0.2) is 0 Å². The molecule has 0 fully saturated rings. The van der Waals surface area contributed by atoms with Crippen LogP contribution < -0.4 is 20.1 Å². The van der Waals surface area contributed by atoms with E-state index in [1.165, 1.54) is 0 Å². The van der Waals surface area contributed by atoms with Crippen molar-refractivity contribution in [3.8, 4) is 11.5 Å². The van der Waals surface area contributed by atoms with Gasteiger partial charge in [-0.3, -0.25) is 9.59 Å². The molecule has 2 N–H and O–H groups in total. The number of ether oxygens (including phenoxy) is 2. The van der Waals surface area contributed by atoms with Crippen molar-refractivity contribution in [2.24, 2.45) is 11.8 Å². The molecule has 0 saturated heterocycles. The molecule has 0 unspecified atom stereocenters. The Morgan fingerprint density at radius 1 is 0.639 bits per heavy atom. The van der Waals surface area contributed by atoms with Crippen LogP contribution in [0.15, 0.2) is 48.5 Å². The monoisotopic (exact) mass is 496 g/mol. The van der Waals surface area contributed by atoms with Crippen LogP contribution in [0.4, 0.5) is 0 Å². The fourth-order valence-electron chi connectivity index (χ4n) is 3.57. The van der Waals surface area contributed by atoms with Crippen LogP contribution in [0, 0.1) is 11.8 Å². The highest BCUT2D eigenvalue weighted by molar-refractivity contribution is 5.97. The number of carbonyl (C=O) groups excluding carboxylic acids is 2. The molecule has 0 atom stereocenters. The minimum atomic E-state index is -0.100. The highest BCUT2D eigenvalue weighted by atomic mass is 16.5. The Morgan fingerprint density at radius 2 is 1.03 bits per heavy atom. The number of carbonyl (C=O) groups is 2. The zero-order valence-corrected chi connectivity index (χ0v) is 22.5. The summed E-state index contributed by atoms with van der Waals surface area (Å²) in [7, 11) is 0. The molecule has 2 rings (SSSR count). The minimum absolute atomic E-state index is 0.100. The Bertz CT molecular complexity index is 851. The Hall–Kier alpha value is -3.02. The fraction of sp³-hybridized carbons (Fsp3) is 0.533. The van der Waals surface area contributed by atoms with Gasteiger partial charge >= 0.3 is 0 Å². The lowest BCUT2D eigenvalue weighted by Gasteiger charge is -2.13. The van der Waals surface area contributed by atoms with Gasteiger partial charge in [-0.2, -0.15) is 0 Å². The van der Waals surface area contributed by atoms with Crippen LogP contribution in [0.25, 0.3) is 0 Å². The average Bonchev–Trinajstić information content (AvgIpc) is 2.85. The van der Waals surface area contributed by atoms with Crippen LogP contribution in [0.5, 0.6) is 11.5 Å². The molecule has 0 bridgehead atoms. The van der Waals surface area contributed by atoms with Gasteiger partial charge in [-0.15, -0.1) is 0 Å². The number of benzene rings is 2. The van der Waals surface area contributed by atoms with Gasteiger partial charge in [-0.1, -0.05) is 64.8 Å². The van der Waals surface area contributed by atoms with Crippen molar-refractivity contribution < 1.29 is 19.1 Å². The molecule has 0 aliphatic carbocycles. The van der Waals surface area contributed by atoms with E-state index < -0.39 is 0 Å². The van der Waals surface area contributed by atoms with E-state index in [0.717, 1.165) is 38.5 Å². The first-order chi connectivity index (χ1) is 17.4. The molecular weight excluding hydrogens is 452 g/mol. The SMILES string of the molecule is CC(C)CCOc1ccccc1C(=O)NCCCCCCNC(=O)c1ccccc1OCCC(C)C.